The zero-order chi connectivity index (χ0) is 28.6. The van der Waals surface area contributed by atoms with Crippen molar-refractivity contribution in [3.05, 3.63) is 0 Å². The van der Waals surface area contributed by atoms with E-state index < -0.39 is 75.8 Å². The maximum absolute atomic E-state index is 13.4. The minimum Gasteiger partial charge on any atom is -0.743 e. The zero-order valence-corrected chi connectivity index (χ0v) is 19.8. The van der Waals surface area contributed by atoms with Crippen molar-refractivity contribution in [1.82, 2.24) is 0 Å². The molecule has 35 heavy (non-hydrogen) atoms. The van der Waals surface area contributed by atoms with Crippen LogP contribution < -0.4 is 51.4 Å². The molecule has 3 nitrogen and oxygen atoms in total. The van der Waals surface area contributed by atoms with Crippen LogP contribution in [0.2, 0.25) is 0 Å². The molecule has 1 unspecified atom stereocenters. The fraction of sp³-hybridized carbons (Fsp3) is 1.00. The predicted molar refractivity (Wildman–Crippen MR) is 64.8 cm³/mol. The number of hydrogen-bond donors (Lipinski definition) is 0. The molecule has 1 atom stereocenters. The van der Waals surface area contributed by atoms with Crippen LogP contribution in [0.5, 0.6) is 0 Å². The number of alkyl halides is 19. The van der Waals surface area contributed by atoms with Gasteiger partial charge in [-0.2, -0.15) is 79.0 Å². The molecule has 0 aromatic carbocycles. The summed E-state index contributed by atoms with van der Waals surface area (Å²) in [5.74, 6) is -69.0. The van der Waals surface area contributed by atoms with Gasteiger partial charge in [-0.1, -0.05) is 0 Å². The molecular formula is C11H4F19KO3S. The van der Waals surface area contributed by atoms with Crippen molar-refractivity contribution in [3.63, 3.8) is 0 Å². The van der Waals surface area contributed by atoms with E-state index in [0.717, 1.165) is 0 Å². The average Bonchev–Trinajstić information content (AvgIpc) is 2.58. The average molecular weight is 616 g/mol. The Morgan fingerprint density at radius 1 is 0.514 bits per heavy atom. The molecule has 0 bridgehead atoms. The molecule has 24 heteroatoms. The third-order valence-corrected chi connectivity index (χ3v) is 4.85. The van der Waals surface area contributed by atoms with Gasteiger partial charge in [0, 0.05) is 0 Å². The number of halogens is 19. The van der Waals surface area contributed by atoms with Gasteiger partial charge in [0.1, 0.15) is 0 Å². The van der Waals surface area contributed by atoms with E-state index in [1.54, 1.807) is 0 Å². The molecule has 0 aromatic heterocycles. The van der Waals surface area contributed by atoms with Crippen LogP contribution in [0.3, 0.4) is 0 Å². The summed E-state index contributed by atoms with van der Waals surface area (Å²) >= 11 is 0. The molecule has 0 radical (unpaired) electrons. The Bertz CT molecular complexity index is 880. The quantitative estimate of drug-likeness (QED) is 0.216. The van der Waals surface area contributed by atoms with Gasteiger partial charge in [-0.3, -0.25) is 0 Å². The second-order valence-electron chi connectivity index (χ2n) is 6.23. The largest absolute Gasteiger partial charge is 1.00 e. The van der Waals surface area contributed by atoms with Crippen molar-refractivity contribution in [2.45, 2.75) is 65.7 Å². The first kappa shape index (κ1) is 37.4. The summed E-state index contributed by atoms with van der Waals surface area (Å²) in [6.45, 7) is -0.797. The molecule has 0 fully saturated rings. The van der Waals surface area contributed by atoms with E-state index >= 15 is 0 Å². The Morgan fingerprint density at radius 2 is 0.714 bits per heavy atom. The van der Waals surface area contributed by atoms with Gasteiger partial charge in [0.05, 0.1) is 0 Å². The van der Waals surface area contributed by atoms with Gasteiger partial charge in [0.2, 0.25) is 0 Å². The molecule has 0 aliphatic carbocycles. The smallest absolute Gasteiger partial charge is 0.743 e. The van der Waals surface area contributed by atoms with Gasteiger partial charge in [-0.05, 0) is 6.92 Å². The van der Waals surface area contributed by atoms with Crippen LogP contribution >= 0.6 is 0 Å². The van der Waals surface area contributed by atoms with Gasteiger partial charge >= 0.3 is 104 Å². The van der Waals surface area contributed by atoms with E-state index in [4.69, 9.17) is 0 Å². The topological polar surface area (TPSA) is 57.2 Å². The van der Waals surface area contributed by atoms with Crippen LogP contribution in [-0.4, -0.2) is 71.8 Å². The maximum Gasteiger partial charge on any atom is 1.00 e. The molecule has 0 saturated heterocycles. The summed E-state index contributed by atoms with van der Waals surface area (Å²) in [6, 6.07) is 0. The molecule has 0 spiro atoms. The van der Waals surface area contributed by atoms with Crippen LogP contribution in [0.25, 0.3) is 0 Å². The molecule has 206 valence electrons. The minimum absolute atomic E-state index is 0. The summed E-state index contributed by atoms with van der Waals surface area (Å²) in [6.07, 6.45) is -4.68. The molecular weight excluding hydrogens is 612 g/mol. The Morgan fingerprint density at radius 3 is 0.914 bits per heavy atom. The van der Waals surface area contributed by atoms with E-state index in [2.05, 4.69) is 0 Å². The number of rotatable bonds is 10. The Balaban J connectivity index is 0. The summed E-state index contributed by atoms with van der Waals surface area (Å²) in [7, 11) is -8.25. The van der Waals surface area contributed by atoms with Crippen LogP contribution in [0.15, 0.2) is 0 Å². The van der Waals surface area contributed by atoms with Crippen molar-refractivity contribution >= 4 is 10.1 Å². The van der Waals surface area contributed by atoms with Crippen molar-refractivity contribution in [2.75, 3.05) is 0 Å². The molecule has 0 N–H and O–H groups in total. The molecule has 0 rings (SSSR count). The van der Waals surface area contributed by atoms with Gasteiger partial charge in [0.25, 0.3) is 0 Å². The van der Waals surface area contributed by atoms with E-state index in [-0.39, 0.29) is 51.4 Å². The molecule has 0 heterocycles. The summed E-state index contributed by atoms with van der Waals surface area (Å²) in [4.78, 5) is 0. The monoisotopic (exact) mass is 616 g/mol. The zero-order valence-electron chi connectivity index (χ0n) is 15.9. The van der Waals surface area contributed by atoms with Crippen LogP contribution in [0.1, 0.15) is 6.92 Å². The molecule has 0 saturated carbocycles. The third-order valence-electron chi connectivity index (χ3n) is 3.96. The molecule has 0 aromatic rings. The van der Waals surface area contributed by atoms with Crippen molar-refractivity contribution < 1.29 is 148 Å². The predicted octanol–water partition coefficient (Wildman–Crippen LogP) is 2.57. The third kappa shape index (κ3) is 4.67. The Labute approximate surface area is 222 Å². The number of hydrogen-bond acceptors (Lipinski definition) is 3. The fourth-order valence-electron chi connectivity index (χ4n) is 1.78. The Hall–Kier alpha value is 0.216. The Kier molecular flexibility index (Phi) is 10.1. The first-order valence-corrected chi connectivity index (χ1v) is 8.60. The van der Waals surface area contributed by atoms with E-state index in [1.165, 1.54) is 0 Å². The SMILES string of the molecule is CC(F)C(F)(F)C(F)(F)C(F)(F)C(F)(F)C(F)(F)C(F)(F)C(F)(F)C(F)(F)C(F)(F)S(=O)(=O)[O-].[K+]. The second kappa shape index (κ2) is 9.45. The normalized spacial score (nSPS) is 17.2. The second-order valence-corrected chi connectivity index (χ2v) is 7.65. The van der Waals surface area contributed by atoms with Gasteiger partial charge < -0.3 is 4.55 Å². The molecule has 0 aliphatic heterocycles. The van der Waals surface area contributed by atoms with Gasteiger partial charge in [-0.15, -0.1) is 0 Å². The van der Waals surface area contributed by atoms with Crippen molar-refractivity contribution in [1.29, 1.82) is 0 Å². The van der Waals surface area contributed by atoms with Gasteiger partial charge in [-0.25, -0.2) is 12.8 Å². The summed E-state index contributed by atoms with van der Waals surface area (Å²) in [5.41, 5.74) is 0. The summed E-state index contributed by atoms with van der Waals surface area (Å²) < 4.78 is 279. The van der Waals surface area contributed by atoms with Gasteiger partial charge in [0.15, 0.2) is 16.3 Å². The van der Waals surface area contributed by atoms with E-state index in [1.807, 2.05) is 0 Å². The van der Waals surface area contributed by atoms with Crippen molar-refractivity contribution in [3.8, 4) is 0 Å². The van der Waals surface area contributed by atoms with Crippen molar-refractivity contribution in [2.24, 2.45) is 0 Å². The molecule has 0 amide bonds. The first-order chi connectivity index (χ1) is 14.2. The minimum atomic E-state index is -9.14. The molecule has 0 aliphatic rings. The summed E-state index contributed by atoms with van der Waals surface area (Å²) in [5, 5.41) is -8.07. The van der Waals surface area contributed by atoms with Crippen LogP contribution in [0, 0.1) is 0 Å². The first-order valence-electron chi connectivity index (χ1n) is 7.19. The standard InChI is InChI=1S/C11H5F19O3S.K/c1-2(12)3(13,14)4(15,16)5(17,18)6(19,20)7(21,22)8(23,24)9(25,26)10(27,28)11(29,30)34(31,32)33;/h2H,1H3,(H,31,32,33);/q;+1/p-1. The fourth-order valence-corrected chi connectivity index (χ4v) is 2.23. The maximum atomic E-state index is 13.4. The van der Waals surface area contributed by atoms with E-state index in [9.17, 15) is 96.4 Å². The van der Waals surface area contributed by atoms with Crippen LogP contribution in [0.4, 0.5) is 83.4 Å². The van der Waals surface area contributed by atoms with E-state index in [0.29, 0.717) is 0 Å². The van der Waals surface area contributed by atoms with Crippen LogP contribution in [-0.2, 0) is 10.1 Å².